The van der Waals surface area contributed by atoms with Gasteiger partial charge in [-0.3, -0.25) is 0 Å². The molecular formula is C13H14BrFN2S. The Balaban J connectivity index is 2.40. The summed E-state index contributed by atoms with van der Waals surface area (Å²) in [7, 11) is 0. The summed E-state index contributed by atoms with van der Waals surface area (Å²) in [6, 6.07) is 5.00. The molecule has 2 N–H and O–H groups in total. The lowest BCUT2D eigenvalue weighted by Gasteiger charge is -2.07. The van der Waals surface area contributed by atoms with Crippen molar-refractivity contribution in [3.8, 4) is 0 Å². The molecular weight excluding hydrogens is 315 g/mol. The fraction of sp³-hybridized carbons (Fsp3) is 0.308. The van der Waals surface area contributed by atoms with Crippen LogP contribution < -0.4 is 5.73 Å². The first kappa shape index (κ1) is 13.5. The molecule has 0 bridgehead atoms. The number of nitrogens with two attached hydrogens (primary N) is 1. The van der Waals surface area contributed by atoms with E-state index in [4.69, 9.17) is 5.73 Å². The van der Waals surface area contributed by atoms with Gasteiger partial charge in [0.1, 0.15) is 5.82 Å². The minimum absolute atomic E-state index is 0.203. The average Bonchev–Trinajstić information content (AvgIpc) is 2.65. The van der Waals surface area contributed by atoms with Gasteiger partial charge >= 0.3 is 0 Å². The number of anilines is 1. The van der Waals surface area contributed by atoms with Gasteiger partial charge in [0.2, 0.25) is 0 Å². The topological polar surface area (TPSA) is 38.9 Å². The third kappa shape index (κ3) is 2.72. The van der Waals surface area contributed by atoms with E-state index in [2.05, 4.69) is 34.8 Å². The van der Waals surface area contributed by atoms with Crippen molar-refractivity contribution in [2.75, 3.05) is 5.73 Å². The Labute approximate surface area is 118 Å². The third-order valence-corrected chi connectivity index (χ3v) is 4.33. The summed E-state index contributed by atoms with van der Waals surface area (Å²) >= 11 is 4.82. The monoisotopic (exact) mass is 328 g/mol. The van der Waals surface area contributed by atoms with Crippen LogP contribution in [0.25, 0.3) is 0 Å². The van der Waals surface area contributed by atoms with Crippen molar-refractivity contribution in [1.29, 1.82) is 0 Å². The van der Waals surface area contributed by atoms with Gasteiger partial charge < -0.3 is 5.73 Å². The van der Waals surface area contributed by atoms with Crippen molar-refractivity contribution in [2.45, 2.75) is 26.2 Å². The van der Waals surface area contributed by atoms with E-state index in [0.29, 0.717) is 23.0 Å². The molecule has 0 atom stereocenters. The van der Waals surface area contributed by atoms with Crippen LogP contribution in [0.1, 0.15) is 35.9 Å². The van der Waals surface area contributed by atoms with Crippen LogP contribution in [0.2, 0.25) is 0 Å². The van der Waals surface area contributed by atoms with Gasteiger partial charge in [0.25, 0.3) is 0 Å². The minimum Gasteiger partial charge on any atom is -0.375 e. The molecule has 18 heavy (non-hydrogen) atoms. The number of halogens is 2. The second-order valence-electron chi connectivity index (χ2n) is 4.39. The van der Waals surface area contributed by atoms with Crippen LogP contribution in [-0.2, 0) is 6.42 Å². The molecule has 0 spiro atoms. The van der Waals surface area contributed by atoms with Crippen LogP contribution in [0.5, 0.6) is 0 Å². The van der Waals surface area contributed by atoms with Crippen LogP contribution in [0.4, 0.5) is 9.52 Å². The van der Waals surface area contributed by atoms with Gasteiger partial charge in [0.15, 0.2) is 5.13 Å². The zero-order chi connectivity index (χ0) is 13.3. The maximum absolute atomic E-state index is 13.8. The molecule has 0 saturated carbocycles. The molecule has 0 fully saturated rings. The Morgan fingerprint density at radius 1 is 1.44 bits per heavy atom. The van der Waals surface area contributed by atoms with E-state index in [0.717, 1.165) is 15.0 Å². The quantitative estimate of drug-likeness (QED) is 0.910. The van der Waals surface area contributed by atoms with E-state index in [-0.39, 0.29) is 5.82 Å². The number of nitrogens with zero attached hydrogens (tertiary/aromatic N) is 1. The maximum atomic E-state index is 13.8. The Bertz CT molecular complexity index is 546. The largest absolute Gasteiger partial charge is 0.375 e. The van der Waals surface area contributed by atoms with E-state index >= 15 is 0 Å². The number of hydrogen-bond donors (Lipinski definition) is 1. The van der Waals surface area contributed by atoms with E-state index < -0.39 is 0 Å². The van der Waals surface area contributed by atoms with E-state index in [1.165, 1.54) is 17.4 Å². The van der Waals surface area contributed by atoms with Gasteiger partial charge in [-0.1, -0.05) is 35.8 Å². The lowest BCUT2D eigenvalue weighted by Crippen LogP contribution is -1.98. The molecule has 5 heteroatoms. The Hall–Kier alpha value is -0.940. The molecule has 1 aromatic heterocycles. The first-order valence-electron chi connectivity index (χ1n) is 5.67. The minimum atomic E-state index is -0.203. The number of rotatable bonds is 3. The highest BCUT2D eigenvalue weighted by Crippen LogP contribution is 2.31. The van der Waals surface area contributed by atoms with Crippen LogP contribution in [0.15, 0.2) is 22.7 Å². The number of benzene rings is 1. The van der Waals surface area contributed by atoms with Crippen LogP contribution in [-0.4, -0.2) is 4.98 Å². The molecule has 96 valence electrons. The molecule has 0 unspecified atom stereocenters. The third-order valence-electron chi connectivity index (χ3n) is 2.69. The highest BCUT2D eigenvalue weighted by Gasteiger charge is 2.16. The van der Waals surface area contributed by atoms with Crippen molar-refractivity contribution in [3.63, 3.8) is 0 Å². The van der Waals surface area contributed by atoms with Crippen molar-refractivity contribution in [3.05, 3.63) is 44.6 Å². The molecule has 2 aromatic rings. The number of thiazole rings is 1. The van der Waals surface area contributed by atoms with Crippen molar-refractivity contribution < 1.29 is 4.39 Å². The molecule has 2 nitrogen and oxygen atoms in total. The molecule has 0 aliphatic heterocycles. The molecule has 2 rings (SSSR count). The summed E-state index contributed by atoms with van der Waals surface area (Å²) in [5, 5.41) is 0.543. The first-order chi connectivity index (χ1) is 8.49. The van der Waals surface area contributed by atoms with E-state index in [1.807, 2.05) is 6.07 Å². The highest BCUT2D eigenvalue weighted by molar-refractivity contribution is 9.10. The number of aromatic nitrogens is 1. The maximum Gasteiger partial charge on any atom is 0.180 e. The lowest BCUT2D eigenvalue weighted by molar-refractivity contribution is 0.612. The Morgan fingerprint density at radius 3 is 2.78 bits per heavy atom. The SMILES string of the molecule is CC(C)c1nc(N)sc1Cc1c(F)cccc1Br. The molecule has 0 radical (unpaired) electrons. The molecule has 0 saturated heterocycles. The van der Waals surface area contributed by atoms with Crippen molar-refractivity contribution in [2.24, 2.45) is 0 Å². The smallest absolute Gasteiger partial charge is 0.180 e. The molecule has 1 heterocycles. The normalized spacial score (nSPS) is 11.2. The summed E-state index contributed by atoms with van der Waals surface area (Å²) in [6.07, 6.45) is 0.523. The first-order valence-corrected chi connectivity index (χ1v) is 7.28. The van der Waals surface area contributed by atoms with Gasteiger partial charge in [-0.15, -0.1) is 11.3 Å². The van der Waals surface area contributed by atoms with Crippen LogP contribution in [0.3, 0.4) is 0 Å². The fourth-order valence-electron chi connectivity index (χ4n) is 1.82. The molecule has 1 aromatic carbocycles. The Kier molecular flexibility index (Phi) is 4.02. The summed E-state index contributed by atoms with van der Waals surface area (Å²) in [5.41, 5.74) is 7.37. The van der Waals surface area contributed by atoms with Gasteiger partial charge in [0.05, 0.1) is 5.69 Å². The summed E-state index contributed by atoms with van der Waals surface area (Å²) in [5.74, 6) is 0.0881. The van der Waals surface area contributed by atoms with Gasteiger partial charge in [-0.25, -0.2) is 9.37 Å². The molecule has 0 aliphatic carbocycles. The van der Waals surface area contributed by atoms with E-state index in [9.17, 15) is 4.39 Å². The average molecular weight is 329 g/mol. The van der Waals surface area contributed by atoms with Gasteiger partial charge in [-0.05, 0) is 18.1 Å². The van der Waals surface area contributed by atoms with Crippen molar-refractivity contribution >= 4 is 32.4 Å². The van der Waals surface area contributed by atoms with Crippen molar-refractivity contribution in [1.82, 2.24) is 4.98 Å². The zero-order valence-corrected chi connectivity index (χ0v) is 12.6. The lowest BCUT2D eigenvalue weighted by atomic mass is 10.0. The van der Waals surface area contributed by atoms with Crippen LogP contribution >= 0.6 is 27.3 Å². The predicted molar refractivity (Wildman–Crippen MR) is 77.5 cm³/mol. The van der Waals surface area contributed by atoms with Gasteiger partial charge in [0, 0.05) is 21.3 Å². The zero-order valence-electron chi connectivity index (χ0n) is 10.2. The predicted octanol–water partition coefficient (Wildman–Crippen LogP) is 4.34. The summed E-state index contributed by atoms with van der Waals surface area (Å²) in [4.78, 5) is 5.36. The summed E-state index contributed by atoms with van der Waals surface area (Å²) in [6.45, 7) is 4.13. The highest BCUT2D eigenvalue weighted by atomic mass is 79.9. The van der Waals surface area contributed by atoms with Gasteiger partial charge in [-0.2, -0.15) is 0 Å². The second-order valence-corrected chi connectivity index (χ2v) is 6.36. The van der Waals surface area contributed by atoms with Crippen LogP contribution in [0, 0.1) is 5.82 Å². The molecule has 0 amide bonds. The molecule has 0 aliphatic rings. The Morgan fingerprint density at radius 2 is 2.17 bits per heavy atom. The fourth-order valence-corrected chi connectivity index (χ4v) is 3.30. The van der Waals surface area contributed by atoms with E-state index in [1.54, 1.807) is 6.07 Å². The standard InChI is InChI=1S/C13H14BrFN2S/c1-7(2)12-11(18-13(16)17-12)6-8-9(14)4-3-5-10(8)15/h3-5,7H,6H2,1-2H3,(H2,16,17). The second kappa shape index (κ2) is 5.36. The number of hydrogen-bond acceptors (Lipinski definition) is 3. The summed E-state index contributed by atoms with van der Waals surface area (Å²) < 4.78 is 14.6. The number of nitrogen functional groups attached to an aromatic ring is 1.